The molecule has 6 nitrogen and oxygen atoms in total. The molecule has 0 amide bonds. The summed E-state index contributed by atoms with van der Waals surface area (Å²) in [6.07, 6.45) is 0. The average molecular weight is 402 g/mol. The minimum atomic E-state index is -4.06. The first-order valence-corrected chi connectivity index (χ1v) is 10.3. The van der Waals surface area contributed by atoms with Crippen molar-refractivity contribution in [2.24, 2.45) is 0 Å². The molecule has 0 radical (unpaired) electrons. The Hall–Kier alpha value is -2.71. The second-order valence-corrected chi connectivity index (χ2v) is 8.42. The molecule has 1 aliphatic heterocycles. The van der Waals surface area contributed by atoms with Gasteiger partial charge in [0.2, 0.25) is 26.6 Å². The minimum Gasteiger partial charge on any atom is -0.419 e. The number of oxazole rings is 1. The second kappa shape index (κ2) is 7.37. The highest BCUT2D eigenvalue weighted by molar-refractivity contribution is 7.91. The standard InChI is InChI=1S/C20H19FN2O4S/c1-14-5-7-15(8-6-14)18-22-19(20(27-18)23-9-11-26-12-10-23)28(24,25)17-4-2-3-16(21)13-17/h2-8,13H,9-12H2,1H3. The van der Waals surface area contributed by atoms with Gasteiger partial charge in [0, 0.05) is 18.7 Å². The summed E-state index contributed by atoms with van der Waals surface area (Å²) in [6.45, 7) is 3.83. The van der Waals surface area contributed by atoms with Gasteiger partial charge in [0.25, 0.3) is 0 Å². The average Bonchev–Trinajstić information content (AvgIpc) is 3.15. The molecule has 1 saturated heterocycles. The number of halogens is 1. The Bertz CT molecular complexity index is 1090. The molecular weight excluding hydrogens is 383 g/mol. The highest BCUT2D eigenvalue weighted by Gasteiger charge is 2.32. The summed E-state index contributed by atoms with van der Waals surface area (Å²) in [6, 6.07) is 12.3. The molecule has 1 aliphatic rings. The summed E-state index contributed by atoms with van der Waals surface area (Å²) < 4.78 is 51.3. The van der Waals surface area contributed by atoms with Crippen LogP contribution < -0.4 is 4.90 Å². The minimum absolute atomic E-state index is 0.156. The highest BCUT2D eigenvalue weighted by atomic mass is 32.2. The quantitative estimate of drug-likeness (QED) is 0.666. The molecule has 0 atom stereocenters. The molecule has 0 saturated carbocycles. The van der Waals surface area contributed by atoms with E-state index >= 15 is 0 Å². The number of anilines is 1. The molecule has 1 aromatic heterocycles. The number of rotatable bonds is 4. The first kappa shape index (κ1) is 18.6. The molecule has 28 heavy (non-hydrogen) atoms. The van der Waals surface area contributed by atoms with Gasteiger partial charge in [0.05, 0.1) is 18.1 Å². The van der Waals surface area contributed by atoms with E-state index in [9.17, 15) is 12.8 Å². The van der Waals surface area contributed by atoms with E-state index in [0.29, 0.717) is 31.9 Å². The van der Waals surface area contributed by atoms with Crippen molar-refractivity contribution >= 4 is 15.7 Å². The van der Waals surface area contributed by atoms with Crippen LogP contribution in [0.2, 0.25) is 0 Å². The summed E-state index contributed by atoms with van der Waals surface area (Å²) in [5, 5.41) is -0.212. The van der Waals surface area contributed by atoms with Crippen LogP contribution in [-0.4, -0.2) is 39.7 Å². The predicted octanol–water partition coefficient (Wildman–Crippen LogP) is 3.46. The molecular formula is C20H19FN2O4S. The van der Waals surface area contributed by atoms with Crippen molar-refractivity contribution in [3.63, 3.8) is 0 Å². The fraction of sp³-hybridized carbons (Fsp3) is 0.250. The maximum absolute atomic E-state index is 13.6. The van der Waals surface area contributed by atoms with Crippen molar-refractivity contribution in [1.29, 1.82) is 0 Å². The Labute approximate surface area is 162 Å². The van der Waals surface area contributed by atoms with Gasteiger partial charge in [-0.25, -0.2) is 12.8 Å². The summed E-state index contributed by atoms with van der Waals surface area (Å²) in [5.74, 6) is -0.268. The maximum atomic E-state index is 13.6. The van der Waals surface area contributed by atoms with Crippen molar-refractivity contribution in [2.75, 3.05) is 31.2 Å². The number of aromatic nitrogens is 1. The number of sulfone groups is 1. The van der Waals surface area contributed by atoms with Crippen LogP contribution in [0.25, 0.3) is 11.5 Å². The van der Waals surface area contributed by atoms with Crippen LogP contribution >= 0.6 is 0 Å². The third-order valence-corrected chi connectivity index (χ3v) is 6.19. The van der Waals surface area contributed by atoms with Gasteiger partial charge in [0.1, 0.15) is 5.82 Å². The van der Waals surface area contributed by atoms with E-state index in [-0.39, 0.29) is 21.7 Å². The van der Waals surface area contributed by atoms with Gasteiger partial charge in [-0.2, -0.15) is 4.98 Å². The van der Waals surface area contributed by atoms with Crippen LogP contribution in [0.3, 0.4) is 0 Å². The van der Waals surface area contributed by atoms with Crippen molar-refractivity contribution in [3.05, 3.63) is 59.9 Å². The molecule has 146 valence electrons. The lowest BCUT2D eigenvalue weighted by molar-refractivity contribution is 0.120. The van der Waals surface area contributed by atoms with Gasteiger partial charge >= 0.3 is 0 Å². The maximum Gasteiger partial charge on any atom is 0.236 e. The Balaban J connectivity index is 1.85. The van der Waals surface area contributed by atoms with E-state index in [2.05, 4.69) is 4.98 Å². The zero-order valence-corrected chi connectivity index (χ0v) is 16.1. The van der Waals surface area contributed by atoms with Crippen molar-refractivity contribution in [2.45, 2.75) is 16.8 Å². The Morgan fingerprint density at radius 3 is 2.46 bits per heavy atom. The Morgan fingerprint density at radius 2 is 1.79 bits per heavy atom. The first-order valence-electron chi connectivity index (χ1n) is 8.86. The molecule has 0 spiro atoms. The summed E-state index contributed by atoms with van der Waals surface area (Å²) in [5.41, 5.74) is 1.73. The number of hydrogen-bond donors (Lipinski definition) is 0. The number of morpholine rings is 1. The number of nitrogens with zero attached hydrogens (tertiary/aromatic N) is 2. The number of benzene rings is 2. The van der Waals surface area contributed by atoms with E-state index < -0.39 is 15.7 Å². The van der Waals surface area contributed by atoms with Gasteiger partial charge < -0.3 is 14.1 Å². The fourth-order valence-corrected chi connectivity index (χ4v) is 4.36. The smallest absolute Gasteiger partial charge is 0.236 e. The highest BCUT2D eigenvalue weighted by Crippen LogP contribution is 2.35. The van der Waals surface area contributed by atoms with Crippen LogP contribution in [0.1, 0.15) is 5.56 Å². The molecule has 0 unspecified atom stereocenters. The van der Waals surface area contributed by atoms with E-state index in [1.54, 1.807) is 4.90 Å². The van der Waals surface area contributed by atoms with E-state index in [1.165, 1.54) is 18.2 Å². The monoisotopic (exact) mass is 402 g/mol. The summed E-state index contributed by atoms with van der Waals surface area (Å²) >= 11 is 0. The zero-order valence-electron chi connectivity index (χ0n) is 15.3. The number of aryl methyl sites for hydroxylation is 1. The van der Waals surface area contributed by atoms with E-state index in [4.69, 9.17) is 9.15 Å². The van der Waals surface area contributed by atoms with Crippen LogP contribution in [0, 0.1) is 12.7 Å². The second-order valence-electron chi connectivity index (χ2n) is 6.56. The largest absolute Gasteiger partial charge is 0.419 e. The topological polar surface area (TPSA) is 72.6 Å². The zero-order chi connectivity index (χ0) is 19.7. The third-order valence-electron chi connectivity index (χ3n) is 4.54. The molecule has 8 heteroatoms. The number of ether oxygens (including phenoxy) is 1. The lowest BCUT2D eigenvalue weighted by Crippen LogP contribution is -2.36. The van der Waals surface area contributed by atoms with Gasteiger partial charge in [-0.3, -0.25) is 0 Å². The normalized spacial score (nSPS) is 15.0. The van der Waals surface area contributed by atoms with Crippen molar-refractivity contribution in [3.8, 4) is 11.5 Å². The molecule has 1 fully saturated rings. The van der Waals surface area contributed by atoms with E-state index in [1.807, 2.05) is 31.2 Å². The fourth-order valence-electron chi connectivity index (χ4n) is 3.00. The molecule has 0 N–H and O–H groups in total. The van der Waals surface area contributed by atoms with Gasteiger partial charge in [0.15, 0.2) is 0 Å². The van der Waals surface area contributed by atoms with Gasteiger partial charge in [-0.1, -0.05) is 23.8 Å². The molecule has 0 aliphatic carbocycles. The van der Waals surface area contributed by atoms with Crippen molar-refractivity contribution in [1.82, 2.24) is 4.98 Å². The predicted molar refractivity (Wildman–Crippen MR) is 102 cm³/mol. The first-order chi connectivity index (χ1) is 13.4. The van der Waals surface area contributed by atoms with Crippen LogP contribution in [0.4, 0.5) is 10.3 Å². The summed E-state index contributed by atoms with van der Waals surface area (Å²) in [4.78, 5) is 5.93. The van der Waals surface area contributed by atoms with E-state index in [0.717, 1.165) is 11.6 Å². The van der Waals surface area contributed by atoms with Crippen LogP contribution in [0.15, 0.2) is 62.9 Å². The molecule has 2 heterocycles. The molecule has 0 bridgehead atoms. The summed E-state index contributed by atoms with van der Waals surface area (Å²) in [7, 11) is -4.06. The Kier molecular flexibility index (Phi) is 4.91. The third kappa shape index (κ3) is 3.53. The lowest BCUT2D eigenvalue weighted by Gasteiger charge is -2.26. The SMILES string of the molecule is Cc1ccc(-c2nc(S(=O)(=O)c3cccc(F)c3)c(N3CCOCC3)o2)cc1. The van der Waals surface area contributed by atoms with Crippen molar-refractivity contribution < 1.29 is 22.0 Å². The Morgan fingerprint density at radius 1 is 1.07 bits per heavy atom. The van der Waals surface area contributed by atoms with Crippen LogP contribution in [-0.2, 0) is 14.6 Å². The molecule has 2 aromatic carbocycles. The molecule has 3 aromatic rings. The van der Waals surface area contributed by atoms with Gasteiger partial charge in [-0.05, 0) is 37.3 Å². The molecule has 4 rings (SSSR count). The van der Waals surface area contributed by atoms with Crippen LogP contribution in [0.5, 0.6) is 0 Å². The lowest BCUT2D eigenvalue weighted by atomic mass is 10.1. The number of hydrogen-bond acceptors (Lipinski definition) is 6. The van der Waals surface area contributed by atoms with Gasteiger partial charge in [-0.15, -0.1) is 0 Å².